The van der Waals surface area contributed by atoms with Crippen molar-refractivity contribution in [2.75, 3.05) is 11.9 Å². The molecule has 0 saturated carbocycles. The van der Waals surface area contributed by atoms with Crippen LogP contribution in [0.1, 0.15) is 10.4 Å². The van der Waals surface area contributed by atoms with Gasteiger partial charge >= 0.3 is 5.97 Å². The molecule has 0 radical (unpaired) electrons. The number of nitro benzene ring substituents is 2. The molecule has 0 saturated heterocycles. The Balaban J connectivity index is 1.94. The Bertz CT molecular complexity index is 883. The van der Waals surface area contributed by atoms with Crippen LogP contribution in [0.3, 0.4) is 0 Å². The molecule has 0 unspecified atom stereocenters. The predicted molar refractivity (Wildman–Crippen MR) is 90.1 cm³/mol. The van der Waals surface area contributed by atoms with Gasteiger partial charge in [0.1, 0.15) is 5.02 Å². The fourth-order valence-electron chi connectivity index (χ4n) is 1.86. The van der Waals surface area contributed by atoms with Crippen molar-refractivity contribution in [2.24, 2.45) is 0 Å². The minimum atomic E-state index is -0.850. The lowest BCUT2D eigenvalue weighted by Gasteiger charge is -2.07. The Morgan fingerprint density at radius 3 is 2.27 bits per heavy atom. The van der Waals surface area contributed by atoms with E-state index in [4.69, 9.17) is 16.3 Å². The molecule has 0 aliphatic heterocycles. The highest BCUT2D eigenvalue weighted by Crippen LogP contribution is 2.27. The first kappa shape index (κ1) is 18.8. The Morgan fingerprint density at radius 2 is 1.69 bits per heavy atom. The van der Waals surface area contributed by atoms with Crippen molar-refractivity contribution >= 4 is 40.5 Å². The third-order valence-corrected chi connectivity index (χ3v) is 3.39. The molecule has 2 aromatic rings. The van der Waals surface area contributed by atoms with Gasteiger partial charge in [-0.05, 0) is 24.3 Å². The molecule has 0 fully saturated rings. The van der Waals surface area contributed by atoms with E-state index in [0.717, 1.165) is 18.2 Å². The molecule has 11 heteroatoms. The molecule has 2 aromatic carbocycles. The topological polar surface area (TPSA) is 142 Å². The van der Waals surface area contributed by atoms with E-state index in [9.17, 15) is 29.8 Å². The number of carbonyl (C=O) groups excluding carboxylic acids is 2. The number of anilines is 1. The van der Waals surface area contributed by atoms with Crippen molar-refractivity contribution in [3.8, 4) is 0 Å². The lowest BCUT2D eigenvalue weighted by Crippen LogP contribution is -2.21. The van der Waals surface area contributed by atoms with E-state index in [-0.39, 0.29) is 27.6 Å². The average molecular weight is 380 g/mol. The summed E-state index contributed by atoms with van der Waals surface area (Å²) in [6.45, 7) is -0.647. The standard InChI is InChI=1S/C15H10ClN3O7/c16-12-6-3-10(7-13(12)19(24)25)17-14(20)8-26-15(21)9-1-4-11(5-2-9)18(22)23/h1-7H,8H2,(H,17,20). The molecule has 1 amide bonds. The molecule has 1 N–H and O–H groups in total. The Kier molecular flexibility index (Phi) is 5.81. The van der Waals surface area contributed by atoms with Crippen molar-refractivity contribution in [2.45, 2.75) is 0 Å². The van der Waals surface area contributed by atoms with Crippen LogP contribution in [0, 0.1) is 20.2 Å². The smallest absolute Gasteiger partial charge is 0.338 e. The van der Waals surface area contributed by atoms with Gasteiger partial charge in [0.15, 0.2) is 6.61 Å². The van der Waals surface area contributed by atoms with E-state index in [1.807, 2.05) is 0 Å². The number of nitro groups is 2. The van der Waals surface area contributed by atoms with Crippen LogP contribution in [0.4, 0.5) is 17.1 Å². The molecule has 0 spiro atoms. The molecule has 0 aliphatic rings. The number of hydrogen-bond acceptors (Lipinski definition) is 7. The number of rotatable bonds is 6. The number of carbonyl (C=O) groups is 2. The minimum absolute atomic E-state index is 0.0329. The van der Waals surface area contributed by atoms with Crippen LogP contribution in [0.25, 0.3) is 0 Å². The molecule has 0 aliphatic carbocycles. The summed E-state index contributed by atoms with van der Waals surface area (Å²) in [6.07, 6.45) is 0. The maximum atomic E-state index is 11.8. The lowest BCUT2D eigenvalue weighted by atomic mass is 10.2. The highest BCUT2D eigenvalue weighted by molar-refractivity contribution is 6.32. The van der Waals surface area contributed by atoms with Crippen LogP contribution in [0.5, 0.6) is 0 Å². The second-order valence-electron chi connectivity index (χ2n) is 4.85. The fraction of sp³-hybridized carbons (Fsp3) is 0.0667. The van der Waals surface area contributed by atoms with Gasteiger partial charge in [0, 0.05) is 23.9 Å². The van der Waals surface area contributed by atoms with Gasteiger partial charge in [0.25, 0.3) is 17.3 Å². The number of ether oxygens (including phenoxy) is 1. The summed E-state index contributed by atoms with van der Waals surface area (Å²) in [7, 11) is 0. The van der Waals surface area contributed by atoms with Crippen molar-refractivity contribution in [1.82, 2.24) is 0 Å². The van der Waals surface area contributed by atoms with E-state index in [2.05, 4.69) is 5.32 Å². The van der Waals surface area contributed by atoms with E-state index in [1.165, 1.54) is 24.3 Å². The van der Waals surface area contributed by atoms with Gasteiger partial charge in [0.05, 0.1) is 15.4 Å². The summed E-state index contributed by atoms with van der Waals surface area (Å²) < 4.78 is 4.78. The van der Waals surface area contributed by atoms with Gasteiger partial charge in [-0.25, -0.2) is 4.79 Å². The SMILES string of the molecule is O=C(COC(=O)c1ccc([N+](=O)[O-])cc1)Nc1ccc(Cl)c([N+](=O)[O-])c1. The number of non-ortho nitro benzene ring substituents is 1. The van der Waals surface area contributed by atoms with E-state index < -0.39 is 28.3 Å². The second kappa shape index (κ2) is 8.03. The molecule has 10 nitrogen and oxygen atoms in total. The van der Waals surface area contributed by atoms with Gasteiger partial charge in [-0.3, -0.25) is 25.0 Å². The number of nitrogens with one attached hydrogen (secondary N) is 1. The van der Waals surface area contributed by atoms with Crippen LogP contribution in [-0.4, -0.2) is 28.3 Å². The molecule has 0 heterocycles. The zero-order chi connectivity index (χ0) is 19.3. The zero-order valence-electron chi connectivity index (χ0n) is 12.9. The van der Waals surface area contributed by atoms with Crippen LogP contribution >= 0.6 is 11.6 Å². The first-order valence-electron chi connectivity index (χ1n) is 6.93. The van der Waals surface area contributed by atoms with Gasteiger partial charge in [-0.2, -0.15) is 0 Å². The highest BCUT2D eigenvalue weighted by atomic mass is 35.5. The molecule has 0 atom stereocenters. The minimum Gasteiger partial charge on any atom is -0.452 e. The van der Waals surface area contributed by atoms with Crippen molar-refractivity contribution in [3.63, 3.8) is 0 Å². The molecule has 134 valence electrons. The molecule has 0 aromatic heterocycles. The third-order valence-electron chi connectivity index (χ3n) is 3.07. The predicted octanol–water partition coefficient (Wildman–Crippen LogP) is 2.95. The average Bonchev–Trinajstić information content (AvgIpc) is 2.61. The van der Waals surface area contributed by atoms with Crippen LogP contribution in [0.15, 0.2) is 42.5 Å². The van der Waals surface area contributed by atoms with Gasteiger partial charge in [-0.15, -0.1) is 0 Å². The van der Waals surface area contributed by atoms with Gasteiger partial charge in [0.2, 0.25) is 0 Å². The fourth-order valence-corrected chi connectivity index (χ4v) is 2.05. The quantitative estimate of drug-likeness (QED) is 0.461. The summed E-state index contributed by atoms with van der Waals surface area (Å²) in [5.74, 6) is -1.57. The molecular weight excluding hydrogens is 370 g/mol. The van der Waals surface area contributed by atoms with Crippen molar-refractivity contribution in [1.29, 1.82) is 0 Å². The number of benzene rings is 2. The van der Waals surface area contributed by atoms with E-state index in [1.54, 1.807) is 0 Å². The van der Waals surface area contributed by atoms with Crippen molar-refractivity contribution in [3.05, 3.63) is 73.3 Å². The Morgan fingerprint density at radius 1 is 1.04 bits per heavy atom. The highest BCUT2D eigenvalue weighted by Gasteiger charge is 2.15. The van der Waals surface area contributed by atoms with Crippen LogP contribution in [-0.2, 0) is 9.53 Å². The summed E-state index contributed by atoms with van der Waals surface area (Å²) in [4.78, 5) is 43.6. The molecule has 26 heavy (non-hydrogen) atoms. The molecule has 0 bridgehead atoms. The van der Waals surface area contributed by atoms with E-state index >= 15 is 0 Å². The normalized spacial score (nSPS) is 10.0. The maximum absolute atomic E-state index is 11.8. The first-order chi connectivity index (χ1) is 12.3. The van der Waals surface area contributed by atoms with Crippen LogP contribution in [0.2, 0.25) is 5.02 Å². The summed E-state index contributed by atoms with van der Waals surface area (Å²) in [6, 6.07) is 8.32. The third kappa shape index (κ3) is 4.74. The Labute approximate surface area is 150 Å². The number of halogens is 1. The number of hydrogen-bond donors (Lipinski definition) is 1. The number of amides is 1. The maximum Gasteiger partial charge on any atom is 0.338 e. The number of nitrogens with zero attached hydrogens (tertiary/aromatic N) is 2. The molecular formula is C15H10ClN3O7. The first-order valence-corrected chi connectivity index (χ1v) is 7.31. The van der Waals surface area contributed by atoms with E-state index in [0.29, 0.717) is 0 Å². The van der Waals surface area contributed by atoms with Crippen LogP contribution < -0.4 is 5.32 Å². The largest absolute Gasteiger partial charge is 0.452 e. The summed E-state index contributed by atoms with van der Waals surface area (Å²) >= 11 is 5.66. The second-order valence-corrected chi connectivity index (χ2v) is 5.26. The zero-order valence-corrected chi connectivity index (χ0v) is 13.6. The van der Waals surface area contributed by atoms with Gasteiger partial charge < -0.3 is 10.1 Å². The summed E-state index contributed by atoms with van der Waals surface area (Å²) in [5, 5.41) is 23.6. The monoisotopic (exact) mass is 379 g/mol. The van der Waals surface area contributed by atoms with Gasteiger partial charge in [-0.1, -0.05) is 11.6 Å². The molecule has 2 rings (SSSR count). The summed E-state index contributed by atoms with van der Waals surface area (Å²) in [5.41, 5.74) is -0.431. The lowest BCUT2D eigenvalue weighted by molar-refractivity contribution is -0.385. The van der Waals surface area contributed by atoms with Crippen molar-refractivity contribution < 1.29 is 24.2 Å². The Hall–Kier alpha value is -3.53. The number of esters is 1.